The number of amides is 1. The molecule has 2 aliphatic rings. The predicted molar refractivity (Wildman–Crippen MR) is 109 cm³/mol. The molecule has 2 aromatic carbocycles. The Kier molecular flexibility index (Phi) is 4.42. The van der Waals surface area contributed by atoms with Crippen molar-refractivity contribution in [3.05, 3.63) is 78.0 Å². The van der Waals surface area contributed by atoms with Crippen molar-refractivity contribution in [1.82, 2.24) is 0 Å². The summed E-state index contributed by atoms with van der Waals surface area (Å²) in [4.78, 5) is 20.8. The summed E-state index contributed by atoms with van der Waals surface area (Å²) in [5, 5.41) is 2.82. The Morgan fingerprint density at radius 1 is 1.07 bits per heavy atom. The highest BCUT2D eigenvalue weighted by atomic mass is 16.5. The van der Waals surface area contributed by atoms with Crippen molar-refractivity contribution in [2.24, 2.45) is 9.98 Å². The van der Waals surface area contributed by atoms with Crippen LogP contribution >= 0.6 is 0 Å². The molecule has 0 aliphatic carbocycles. The number of allylic oxidation sites excluding steroid dienone is 1. The molecule has 134 valence electrons. The summed E-state index contributed by atoms with van der Waals surface area (Å²) in [5.41, 5.74) is 5.59. The molecule has 1 N–H and O–H groups in total. The standard InChI is InChI=1S/C22H19N3O2/c1-14(26)24-17-7-3-5-15(11-17)19-13-23-21-10-9-20(25-22(19)21)16-6-4-8-18(12-16)27-2/h3-13,22H,1-2H3,(H,24,26). The first-order chi connectivity index (χ1) is 13.1. The van der Waals surface area contributed by atoms with E-state index in [2.05, 4.69) is 10.3 Å². The van der Waals surface area contributed by atoms with E-state index in [1.807, 2.05) is 66.9 Å². The number of dihydropyridines is 1. The van der Waals surface area contributed by atoms with E-state index in [0.29, 0.717) is 0 Å². The van der Waals surface area contributed by atoms with E-state index in [4.69, 9.17) is 9.73 Å². The van der Waals surface area contributed by atoms with Gasteiger partial charge in [-0.15, -0.1) is 0 Å². The maximum atomic E-state index is 11.3. The lowest BCUT2D eigenvalue weighted by atomic mass is 9.94. The number of hydrogen-bond donors (Lipinski definition) is 1. The van der Waals surface area contributed by atoms with Gasteiger partial charge in [-0.25, -0.2) is 0 Å². The monoisotopic (exact) mass is 357 g/mol. The Bertz CT molecular complexity index is 1030. The Hall–Kier alpha value is -3.47. The highest BCUT2D eigenvalue weighted by Crippen LogP contribution is 2.31. The number of benzene rings is 2. The van der Waals surface area contributed by atoms with Crippen molar-refractivity contribution >= 4 is 28.6 Å². The smallest absolute Gasteiger partial charge is 0.221 e. The zero-order chi connectivity index (χ0) is 18.8. The van der Waals surface area contributed by atoms with Crippen molar-refractivity contribution in [2.45, 2.75) is 13.0 Å². The average Bonchev–Trinajstić information content (AvgIpc) is 3.11. The summed E-state index contributed by atoms with van der Waals surface area (Å²) in [7, 11) is 1.66. The Labute approximate surface area is 157 Å². The van der Waals surface area contributed by atoms with Gasteiger partial charge in [-0.2, -0.15) is 0 Å². The molecule has 0 saturated carbocycles. The predicted octanol–water partition coefficient (Wildman–Crippen LogP) is 3.88. The van der Waals surface area contributed by atoms with Crippen LogP contribution < -0.4 is 10.1 Å². The molecule has 5 nitrogen and oxygen atoms in total. The number of carbonyl (C=O) groups is 1. The molecule has 5 heteroatoms. The molecule has 27 heavy (non-hydrogen) atoms. The van der Waals surface area contributed by atoms with Crippen molar-refractivity contribution in [3.8, 4) is 5.75 Å². The van der Waals surface area contributed by atoms with E-state index in [0.717, 1.165) is 39.6 Å². The van der Waals surface area contributed by atoms with Gasteiger partial charge < -0.3 is 10.1 Å². The molecule has 0 bridgehead atoms. The lowest BCUT2D eigenvalue weighted by Crippen LogP contribution is -2.21. The molecule has 0 radical (unpaired) electrons. The van der Waals surface area contributed by atoms with Gasteiger partial charge in [0.15, 0.2) is 0 Å². The first-order valence-electron chi connectivity index (χ1n) is 8.70. The topological polar surface area (TPSA) is 63.0 Å². The number of hydrogen-bond acceptors (Lipinski definition) is 4. The fourth-order valence-corrected chi connectivity index (χ4v) is 3.23. The van der Waals surface area contributed by atoms with Gasteiger partial charge in [0.05, 0.1) is 18.5 Å². The Morgan fingerprint density at radius 3 is 2.70 bits per heavy atom. The number of ether oxygens (including phenoxy) is 1. The Morgan fingerprint density at radius 2 is 1.89 bits per heavy atom. The van der Waals surface area contributed by atoms with Crippen molar-refractivity contribution in [3.63, 3.8) is 0 Å². The molecule has 2 heterocycles. The summed E-state index contributed by atoms with van der Waals surface area (Å²) in [6, 6.07) is 15.5. The molecule has 2 aromatic rings. The minimum absolute atomic E-state index is 0.0941. The fraction of sp³-hybridized carbons (Fsp3) is 0.136. The first-order valence-corrected chi connectivity index (χ1v) is 8.70. The molecule has 0 spiro atoms. The molecular formula is C22H19N3O2. The first kappa shape index (κ1) is 17.0. The van der Waals surface area contributed by atoms with Gasteiger partial charge in [0.2, 0.25) is 5.91 Å². The molecule has 2 aliphatic heterocycles. The second-order valence-corrected chi connectivity index (χ2v) is 6.38. The molecular weight excluding hydrogens is 338 g/mol. The highest BCUT2D eigenvalue weighted by Gasteiger charge is 2.27. The van der Waals surface area contributed by atoms with Crippen molar-refractivity contribution in [2.75, 3.05) is 12.4 Å². The quantitative estimate of drug-likeness (QED) is 0.903. The van der Waals surface area contributed by atoms with Crippen LogP contribution in [0, 0.1) is 0 Å². The lowest BCUT2D eigenvalue weighted by molar-refractivity contribution is -0.114. The van der Waals surface area contributed by atoms with E-state index in [9.17, 15) is 4.79 Å². The van der Waals surface area contributed by atoms with Crippen LogP contribution in [0.2, 0.25) is 0 Å². The minimum atomic E-state index is -0.149. The van der Waals surface area contributed by atoms with E-state index >= 15 is 0 Å². The van der Waals surface area contributed by atoms with Crippen LogP contribution in [-0.4, -0.2) is 30.5 Å². The van der Waals surface area contributed by atoms with Crippen LogP contribution in [0.4, 0.5) is 5.69 Å². The van der Waals surface area contributed by atoms with E-state index in [1.165, 1.54) is 6.92 Å². The maximum absolute atomic E-state index is 11.3. The Balaban J connectivity index is 1.66. The van der Waals surface area contributed by atoms with Crippen molar-refractivity contribution in [1.29, 1.82) is 0 Å². The van der Waals surface area contributed by atoms with Crippen LogP contribution in [-0.2, 0) is 4.79 Å². The van der Waals surface area contributed by atoms with Gasteiger partial charge in [0.25, 0.3) is 0 Å². The summed E-state index contributed by atoms with van der Waals surface area (Å²) < 4.78 is 5.32. The number of methoxy groups -OCH3 is 1. The third-order valence-corrected chi connectivity index (χ3v) is 4.49. The van der Waals surface area contributed by atoms with E-state index in [1.54, 1.807) is 7.11 Å². The number of nitrogens with zero attached hydrogens (tertiary/aromatic N) is 2. The van der Waals surface area contributed by atoms with Gasteiger partial charge in [-0.3, -0.25) is 14.8 Å². The summed E-state index contributed by atoms with van der Waals surface area (Å²) in [6.45, 7) is 1.50. The second-order valence-electron chi connectivity index (χ2n) is 6.38. The third-order valence-electron chi connectivity index (χ3n) is 4.49. The minimum Gasteiger partial charge on any atom is -0.497 e. The number of anilines is 1. The normalized spacial score (nSPS) is 17.6. The molecule has 1 amide bonds. The van der Waals surface area contributed by atoms with Crippen LogP contribution in [0.5, 0.6) is 5.75 Å². The van der Waals surface area contributed by atoms with Crippen LogP contribution in [0.25, 0.3) is 5.57 Å². The highest BCUT2D eigenvalue weighted by molar-refractivity contribution is 6.21. The number of aliphatic imine (C=N–C) groups is 2. The summed E-state index contributed by atoms with van der Waals surface area (Å²) in [6.07, 6.45) is 5.84. The maximum Gasteiger partial charge on any atom is 0.221 e. The molecule has 1 unspecified atom stereocenters. The average molecular weight is 357 g/mol. The number of fused-ring (bicyclic) bond motifs is 1. The molecule has 1 atom stereocenters. The fourth-order valence-electron chi connectivity index (χ4n) is 3.23. The van der Waals surface area contributed by atoms with E-state index < -0.39 is 0 Å². The van der Waals surface area contributed by atoms with Crippen LogP contribution in [0.3, 0.4) is 0 Å². The number of rotatable bonds is 4. The SMILES string of the molecule is COc1cccc(C2=NC3C(c4cccc(NC(C)=O)c4)=CN=C3C=C2)c1. The summed E-state index contributed by atoms with van der Waals surface area (Å²) in [5.74, 6) is 0.705. The zero-order valence-electron chi connectivity index (χ0n) is 15.1. The number of nitrogens with one attached hydrogen (secondary N) is 1. The largest absolute Gasteiger partial charge is 0.497 e. The lowest BCUT2D eigenvalue weighted by Gasteiger charge is -2.18. The van der Waals surface area contributed by atoms with Crippen LogP contribution in [0.1, 0.15) is 18.1 Å². The van der Waals surface area contributed by atoms with Crippen LogP contribution in [0.15, 0.2) is 76.9 Å². The second kappa shape index (κ2) is 7.03. The van der Waals surface area contributed by atoms with Gasteiger partial charge in [0.1, 0.15) is 11.8 Å². The number of carbonyl (C=O) groups excluding carboxylic acids is 1. The summed E-state index contributed by atoms with van der Waals surface area (Å²) >= 11 is 0. The van der Waals surface area contributed by atoms with E-state index in [-0.39, 0.29) is 11.9 Å². The van der Waals surface area contributed by atoms with Gasteiger partial charge in [-0.05, 0) is 42.0 Å². The third kappa shape index (κ3) is 3.44. The zero-order valence-corrected chi connectivity index (χ0v) is 15.1. The molecule has 0 saturated heterocycles. The van der Waals surface area contributed by atoms with Gasteiger partial charge in [-0.1, -0.05) is 24.3 Å². The van der Waals surface area contributed by atoms with Gasteiger partial charge in [0, 0.05) is 29.9 Å². The van der Waals surface area contributed by atoms with Crippen molar-refractivity contribution < 1.29 is 9.53 Å². The van der Waals surface area contributed by atoms with Gasteiger partial charge >= 0.3 is 0 Å². The molecule has 0 aromatic heterocycles. The molecule has 4 rings (SSSR count). The molecule has 0 fully saturated rings.